The largest absolute Gasteiger partial charge is 0.494 e. The first-order valence-electron chi connectivity index (χ1n) is 8.63. The van der Waals surface area contributed by atoms with Crippen molar-refractivity contribution in [2.75, 3.05) is 32.8 Å². The van der Waals surface area contributed by atoms with Gasteiger partial charge >= 0.3 is 0 Å². The maximum absolute atomic E-state index is 12.6. The van der Waals surface area contributed by atoms with Crippen molar-refractivity contribution in [2.45, 2.75) is 38.3 Å². The van der Waals surface area contributed by atoms with E-state index in [-0.39, 0.29) is 18.1 Å². The van der Waals surface area contributed by atoms with Crippen LogP contribution in [0, 0.1) is 0 Å². The Bertz CT molecular complexity index is 524. The van der Waals surface area contributed by atoms with Gasteiger partial charge in [-0.3, -0.25) is 9.69 Å². The molecule has 1 saturated carbocycles. The molecule has 5 nitrogen and oxygen atoms in total. The van der Waals surface area contributed by atoms with Crippen molar-refractivity contribution in [3.8, 4) is 5.75 Å². The maximum Gasteiger partial charge on any atom is 0.253 e. The van der Waals surface area contributed by atoms with Gasteiger partial charge in [0.1, 0.15) is 5.75 Å². The summed E-state index contributed by atoms with van der Waals surface area (Å²) >= 11 is 0. The fraction of sp³-hybridized carbons (Fsp3) is 0.611. The summed E-state index contributed by atoms with van der Waals surface area (Å²) in [6.07, 6.45) is 2.91. The van der Waals surface area contributed by atoms with E-state index in [9.17, 15) is 9.90 Å². The summed E-state index contributed by atoms with van der Waals surface area (Å²) in [6, 6.07) is 7.66. The van der Waals surface area contributed by atoms with E-state index in [2.05, 4.69) is 4.90 Å². The topological polar surface area (TPSA) is 53.0 Å². The summed E-state index contributed by atoms with van der Waals surface area (Å²) in [6.45, 7) is 5.74. The molecular weight excluding hydrogens is 292 g/mol. The predicted octanol–water partition coefficient (Wildman–Crippen LogP) is 1.76. The van der Waals surface area contributed by atoms with Crippen molar-refractivity contribution >= 4 is 5.91 Å². The van der Waals surface area contributed by atoms with Crippen LogP contribution in [0.2, 0.25) is 0 Å². The van der Waals surface area contributed by atoms with Gasteiger partial charge in [0, 0.05) is 37.8 Å². The number of carbonyl (C=O) groups is 1. The smallest absolute Gasteiger partial charge is 0.253 e. The average molecular weight is 318 g/mol. The standard InChI is InChI=1S/C18H26N2O3/c1-2-23-15-8-6-14(7-9-15)18(22)20-12-10-19(11-13-20)16-4-3-5-17(16)21/h6-9,16-17,21H,2-5,10-13H2,1H3. The fourth-order valence-corrected chi connectivity index (χ4v) is 3.65. The third-order valence-corrected chi connectivity index (χ3v) is 4.93. The van der Waals surface area contributed by atoms with Crippen molar-refractivity contribution < 1.29 is 14.6 Å². The number of piperazine rings is 1. The second-order valence-corrected chi connectivity index (χ2v) is 6.35. The van der Waals surface area contributed by atoms with E-state index in [1.807, 2.05) is 36.1 Å². The van der Waals surface area contributed by atoms with E-state index in [0.717, 1.165) is 51.2 Å². The number of rotatable bonds is 4. The van der Waals surface area contributed by atoms with E-state index < -0.39 is 0 Å². The second kappa shape index (κ2) is 7.32. The molecule has 1 aromatic rings. The predicted molar refractivity (Wildman–Crippen MR) is 88.7 cm³/mol. The van der Waals surface area contributed by atoms with Crippen LogP contribution in [0.1, 0.15) is 36.5 Å². The van der Waals surface area contributed by atoms with Gasteiger partial charge in [0.25, 0.3) is 5.91 Å². The summed E-state index contributed by atoms with van der Waals surface area (Å²) < 4.78 is 5.41. The Morgan fingerprint density at radius 3 is 2.43 bits per heavy atom. The number of hydrogen-bond acceptors (Lipinski definition) is 4. The summed E-state index contributed by atoms with van der Waals surface area (Å²) in [4.78, 5) is 16.8. The number of hydrogen-bond donors (Lipinski definition) is 1. The second-order valence-electron chi connectivity index (χ2n) is 6.35. The molecule has 1 amide bonds. The zero-order valence-electron chi connectivity index (χ0n) is 13.8. The Labute approximate surface area is 137 Å². The molecule has 5 heteroatoms. The molecule has 1 aliphatic carbocycles. The molecule has 2 aliphatic rings. The monoisotopic (exact) mass is 318 g/mol. The van der Waals surface area contributed by atoms with Crippen LogP contribution in [0.3, 0.4) is 0 Å². The van der Waals surface area contributed by atoms with Crippen molar-refractivity contribution in [3.63, 3.8) is 0 Å². The molecule has 0 bridgehead atoms. The van der Waals surface area contributed by atoms with Crippen LogP contribution in [0.15, 0.2) is 24.3 Å². The average Bonchev–Trinajstić information content (AvgIpc) is 3.01. The Kier molecular flexibility index (Phi) is 5.18. The van der Waals surface area contributed by atoms with Gasteiger partial charge < -0.3 is 14.7 Å². The number of amides is 1. The molecule has 0 aromatic heterocycles. The third kappa shape index (κ3) is 3.67. The van der Waals surface area contributed by atoms with Gasteiger partial charge in [-0.1, -0.05) is 0 Å². The van der Waals surface area contributed by atoms with E-state index in [1.54, 1.807) is 0 Å². The van der Waals surface area contributed by atoms with E-state index in [1.165, 1.54) is 0 Å². The molecule has 1 aliphatic heterocycles. The molecular formula is C18H26N2O3. The summed E-state index contributed by atoms with van der Waals surface area (Å²) in [5.41, 5.74) is 0.711. The van der Waals surface area contributed by atoms with Crippen molar-refractivity contribution in [1.82, 2.24) is 9.80 Å². The number of ether oxygens (including phenoxy) is 1. The SMILES string of the molecule is CCOc1ccc(C(=O)N2CCN(C3CCCC3O)CC2)cc1. The minimum Gasteiger partial charge on any atom is -0.494 e. The Balaban J connectivity index is 1.55. The van der Waals surface area contributed by atoms with E-state index in [0.29, 0.717) is 12.2 Å². The van der Waals surface area contributed by atoms with E-state index in [4.69, 9.17) is 4.74 Å². The molecule has 3 rings (SSSR count). The van der Waals surface area contributed by atoms with Crippen molar-refractivity contribution in [2.24, 2.45) is 0 Å². The fourth-order valence-electron chi connectivity index (χ4n) is 3.65. The minimum atomic E-state index is -0.191. The number of benzene rings is 1. The highest BCUT2D eigenvalue weighted by Gasteiger charge is 2.33. The van der Waals surface area contributed by atoms with Gasteiger partial charge in [-0.15, -0.1) is 0 Å². The molecule has 1 saturated heterocycles. The minimum absolute atomic E-state index is 0.0830. The lowest BCUT2D eigenvalue weighted by Gasteiger charge is -2.39. The number of aliphatic hydroxyl groups is 1. The van der Waals surface area contributed by atoms with Gasteiger partial charge in [-0.05, 0) is 50.5 Å². The van der Waals surface area contributed by atoms with Crippen molar-refractivity contribution in [1.29, 1.82) is 0 Å². The summed E-state index contributed by atoms with van der Waals surface area (Å²) in [5.74, 6) is 0.878. The van der Waals surface area contributed by atoms with Gasteiger partial charge in [-0.2, -0.15) is 0 Å². The first-order valence-corrected chi connectivity index (χ1v) is 8.63. The van der Waals surface area contributed by atoms with Gasteiger partial charge in [0.05, 0.1) is 12.7 Å². The van der Waals surface area contributed by atoms with E-state index >= 15 is 0 Å². The van der Waals surface area contributed by atoms with Crippen LogP contribution in [-0.4, -0.2) is 65.7 Å². The zero-order valence-corrected chi connectivity index (χ0v) is 13.8. The number of carbonyl (C=O) groups excluding carboxylic acids is 1. The number of nitrogens with zero attached hydrogens (tertiary/aromatic N) is 2. The molecule has 0 radical (unpaired) electrons. The van der Waals surface area contributed by atoms with Gasteiger partial charge in [0.2, 0.25) is 0 Å². The lowest BCUT2D eigenvalue weighted by Crippen LogP contribution is -2.53. The quantitative estimate of drug-likeness (QED) is 0.919. The van der Waals surface area contributed by atoms with Gasteiger partial charge in [0.15, 0.2) is 0 Å². The highest BCUT2D eigenvalue weighted by molar-refractivity contribution is 5.94. The summed E-state index contributed by atoms with van der Waals surface area (Å²) in [5, 5.41) is 10.0. The normalized spacial score (nSPS) is 25.6. The first-order chi connectivity index (χ1) is 11.2. The van der Waals surface area contributed by atoms with Crippen LogP contribution >= 0.6 is 0 Å². The third-order valence-electron chi connectivity index (χ3n) is 4.93. The molecule has 1 heterocycles. The first kappa shape index (κ1) is 16.3. The van der Waals surface area contributed by atoms with Crippen molar-refractivity contribution in [3.05, 3.63) is 29.8 Å². The Hall–Kier alpha value is -1.59. The van der Waals surface area contributed by atoms with Crippen LogP contribution in [0.5, 0.6) is 5.75 Å². The van der Waals surface area contributed by atoms with Crippen LogP contribution < -0.4 is 4.74 Å². The molecule has 2 fully saturated rings. The van der Waals surface area contributed by atoms with Crippen LogP contribution in [0.25, 0.3) is 0 Å². The number of aliphatic hydroxyl groups excluding tert-OH is 1. The Morgan fingerprint density at radius 2 is 1.87 bits per heavy atom. The maximum atomic E-state index is 12.6. The van der Waals surface area contributed by atoms with Crippen LogP contribution in [0.4, 0.5) is 0 Å². The molecule has 126 valence electrons. The molecule has 2 atom stereocenters. The zero-order chi connectivity index (χ0) is 16.2. The highest BCUT2D eigenvalue weighted by atomic mass is 16.5. The molecule has 0 spiro atoms. The lowest BCUT2D eigenvalue weighted by atomic mass is 10.1. The molecule has 1 aromatic carbocycles. The summed E-state index contributed by atoms with van der Waals surface area (Å²) in [7, 11) is 0. The van der Waals surface area contributed by atoms with Crippen LogP contribution in [-0.2, 0) is 0 Å². The lowest BCUT2D eigenvalue weighted by molar-refractivity contribution is 0.0315. The highest BCUT2D eigenvalue weighted by Crippen LogP contribution is 2.25. The molecule has 23 heavy (non-hydrogen) atoms. The Morgan fingerprint density at radius 1 is 1.17 bits per heavy atom. The molecule has 1 N–H and O–H groups in total. The van der Waals surface area contributed by atoms with Gasteiger partial charge in [-0.25, -0.2) is 0 Å². The molecule has 2 unspecified atom stereocenters.